The Morgan fingerprint density at radius 3 is 2.53 bits per heavy atom. The Morgan fingerprint density at radius 2 is 1.87 bits per heavy atom. The van der Waals surface area contributed by atoms with Crippen LogP contribution in [-0.2, 0) is 21.4 Å². The van der Waals surface area contributed by atoms with E-state index in [2.05, 4.69) is 15.3 Å². The number of aromatic nitrogens is 2. The van der Waals surface area contributed by atoms with Crippen molar-refractivity contribution in [3.63, 3.8) is 0 Å². The standard InChI is InChI=1S/C20H20ClN5O3S/c1-12-15(18(24(2)23-12)25-7-9-29-10-8-25)11-16-17(27)22-20(30)26(19(16)28)14-5-3-13(21)4-6-14/h3-6,11H,7-10H2,1-2H3,(H,22,27,30). The van der Waals surface area contributed by atoms with Gasteiger partial charge in [-0.1, -0.05) is 11.6 Å². The fourth-order valence-corrected chi connectivity index (χ4v) is 4.01. The summed E-state index contributed by atoms with van der Waals surface area (Å²) in [5, 5.41) is 7.67. The van der Waals surface area contributed by atoms with Gasteiger partial charge in [0.25, 0.3) is 11.8 Å². The van der Waals surface area contributed by atoms with E-state index >= 15 is 0 Å². The zero-order valence-electron chi connectivity index (χ0n) is 16.5. The Kier molecular flexibility index (Phi) is 5.59. The lowest BCUT2D eigenvalue weighted by atomic mass is 10.1. The van der Waals surface area contributed by atoms with E-state index in [0.717, 1.165) is 17.1 Å². The van der Waals surface area contributed by atoms with Crippen LogP contribution >= 0.6 is 23.8 Å². The molecule has 0 radical (unpaired) electrons. The largest absolute Gasteiger partial charge is 0.378 e. The molecule has 10 heteroatoms. The number of benzene rings is 1. The van der Waals surface area contributed by atoms with E-state index in [1.54, 1.807) is 35.0 Å². The van der Waals surface area contributed by atoms with Crippen molar-refractivity contribution in [2.75, 3.05) is 36.1 Å². The number of nitrogens with zero attached hydrogens (tertiary/aromatic N) is 4. The summed E-state index contributed by atoms with van der Waals surface area (Å²) in [7, 11) is 1.84. The maximum atomic E-state index is 13.3. The molecule has 0 spiro atoms. The number of carbonyl (C=O) groups is 2. The van der Waals surface area contributed by atoms with E-state index in [1.807, 2.05) is 14.0 Å². The molecule has 3 heterocycles. The fraction of sp³-hybridized carbons (Fsp3) is 0.300. The van der Waals surface area contributed by atoms with Gasteiger partial charge in [-0.05, 0) is 49.5 Å². The molecule has 2 amide bonds. The quantitative estimate of drug-likeness (QED) is 0.442. The Balaban J connectivity index is 1.76. The van der Waals surface area contributed by atoms with Crippen molar-refractivity contribution in [3.8, 4) is 0 Å². The molecule has 0 unspecified atom stereocenters. The topological polar surface area (TPSA) is 79.7 Å². The van der Waals surface area contributed by atoms with Crippen LogP contribution in [0.1, 0.15) is 11.3 Å². The Morgan fingerprint density at radius 1 is 1.20 bits per heavy atom. The summed E-state index contributed by atoms with van der Waals surface area (Å²) in [5.74, 6) is -0.191. The first-order valence-corrected chi connectivity index (χ1v) is 10.2. The number of aryl methyl sites for hydroxylation is 2. The maximum absolute atomic E-state index is 13.3. The van der Waals surface area contributed by atoms with Gasteiger partial charge in [0, 0.05) is 30.7 Å². The minimum atomic E-state index is -0.536. The van der Waals surface area contributed by atoms with E-state index in [0.29, 0.717) is 37.0 Å². The fourth-order valence-electron chi connectivity index (χ4n) is 3.61. The van der Waals surface area contributed by atoms with E-state index in [4.69, 9.17) is 28.6 Å². The number of nitrogens with one attached hydrogen (secondary N) is 1. The molecule has 2 fully saturated rings. The molecule has 8 nitrogen and oxygen atoms in total. The number of amides is 2. The van der Waals surface area contributed by atoms with Crippen LogP contribution in [-0.4, -0.2) is 53.0 Å². The number of morpholine rings is 1. The molecule has 4 rings (SSSR count). The number of anilines is 2. The summed E-state index contributed by atoms with van der Waals surface area (Å²) in [4.78, 5) is 29.3. The van der Waals surface area contributed by atoms with Crippen LogP contribution in [0.15, 0.2) is 29.8 Å². The summed E-state index contributed by atoms with van der Waals surface area (Å²) >= 11 is 11.2. The van der Waals surface area contributed by atoms with Crippen LogP contribution in [0.5, 0.6) is 0 Å². The van der Waals surface area contributed by atoms with E-state index in [-0.39, 0.29) is 10.7 Å². The molecule has 30 heavy (non-hydrogen) atoms. The number of ether oxygens (including phenoxy) is 1. The number of hydrogen-bond acceptors (Lipinski definition) is 6. The minimum absolute atomic E-state index is 0.0100. The molecule has 2 saturated heterocycles. The molecule has 1 aromatic carbocycles. The second-order valence-electron chi connectivity index (χ2n) is 6.98. The van der Waals surface area contributed by atoms with Crippen LogP contribution < -0.4 is 15.1 Å². The molecule has 0 atom stereocenters. The number of halogens is 1. The predicted molar refractivity (Wildman–Crippen MR) is 119 cm³/mol. The summed E-state index contributed by atoms with van der Waals surface area (Å²) in [6.07, 6.45) is 1.59. The molecule has 156 valence electrons. The Labute approximate surface area is 184 Å². The number of hydrogen-bond donors (Lipinski definition) is 1. The van der Waals surface area contributed by atoms with Gasteiger partial charge < -0.3 is 9.64 Å². The number of rotatable bonds is 3. The van der Waals surface area contributed by atoms with Crippen LogP contribution in [0.25, 0.3) is 6.08 Å². The van der Waals surface area contributed by atoms with Gasteiger partial charge in [0.15, 0.2) is 5.11 Å². The summed E-state index contributed by atoms with van der Waals surface area (Å²) in [6.45, 7) is 4.48. The second kappa shape index (κ2) is 8.17. The lowest BCUT2D eigenvalue weighted by Gasteiger charge is -2.30. The van der Waals surface area contributed by atoms with Crippen LogP contribution in [0.3, 0.4) is 0 Å². The molecule has 0 saturated carbocycles. The maximum Gasteiger partial charge on any atom is 0.270 e. The van der Waals surface area contributed by atoms with Gasteiger partial charge in [-0.3, -0.25) is 24.5 Å². The highest BCUT2D eigenvalue weighted by atomic mass is 35.5. The van der Waals surface area contributed by atoms with Gasteiger partial charge in [-0.25, -0.2) is 0 Å². The van der Waals surface area contributed by atoms with Crippen molar-refractivity contribution >= 4 is 58.3 Å². The van der Waals surface area contributed by atoms with Crippen molar-refractivity contribution < 1.29 is 14.3 Å². The van der Waals surface area contributed by atoms with Crippen LogP contribution in [0.4, 0.5) is 11.5 Å². The summed E-state index contributed by atoms with van der Waals surface area (Å²) in [5.41, 5.74) is 1.96. The molecular formula is C20H20ClN5O3S. The normalized spacial score (nSPS) is 18.9. The minimum Gasteiger partial charge on any atom is -0.378 e. The number of thiocarbonyl (C=S) groups is 1. The molecule has 2 aliphatic rings. The van der Waals surface area contributed by atoms with Gasteiger partial charge in [-0.2, -0.15) is 5.10 Å². The average molecular weight is 446 g/mol. The third-order valence-electron chi connectivity index (χ3n) is 5.02. The monoisotopic (exact) mass is 445 g/mol. The van der Waals surface area contributed by atoms with E-state index in [9.17, 15) is 9.59 Å². The second-order valence-corrected chi connectivity index (χ2v) is 7.80. The lowest BCUT2D eigenvalue weighted by molar-refractivity contribution is -0.122. The average Bonchev–Trinajstić information content (AvgIpc) is 3.00. The van der Waals surface area contributed by atoms with Crippen molar-refractivity contribution in [1.29, 1.82) is 0 Å². The van der Waals surface area contributed by atoms with Crippen LogP contribution in [0, 0.1) is 6.92 Å². The van der Waals surface area contributed by atoms with Crippen molar-refractivity contribution in [3.05, 3.63) is 46.1 Å². The third-order valence-corrected chi connectivity index (χ3v) is 5.56. The van der Waals surface area contributed by atoms with Crippen LogP contribution in [0.2, 0.25) is 5.02 Å². The summed E-state index contributed by atoms with van der Waals surface area (Å²) in [6, 6.07) is 6.68. The first-order valence-electron chi connectivity index (χ1n) is 9.40. The highest BCUT2D eigenvalue weighted by Gasteiger charge is 2.35. The van der Waals surface area contributed by atoms with Crippen molar-refractivity contribution in [2.45, 2.75) is 6.92 Å². The van der Waals surface area contributed by atoms with Crippen molar-refractivity contribution in [2.24, 2.45) is 7.05 Å². The molecule has 2 aromatic rings. The smallest absolute Gasteiger partial charge is 0.270 e. The van der Waals surface area contributed by atoms with Gasteiger partial charge in [0.1, 0.15) is 11.4 Å². The molecule has 0 aliphatic carbocycles. The molecule has 1 aromatic heterocycles. The lowest BCUT2D eigenvalue weighted by Crippen LogP contribution is -2.54. The predicted octanol–water partition coefficient (Wildman–Crippen LogP) is 2.05. The van der Waals surface area contributed by atoms with Gasteiger partial charge in [0.05, 0.1) is 24.6 Å². The number of carbonyl (C=O) groups excluding carboxylic acids is 2. The molecular weight excluding hydrogens is 426 g/mol. The first-order chi connectivity index (χ1) is 14.4. The highest BCUT2D eigenvalue weighted by molar-refractivity contribution is 7.80. The Bertz CT molecular complexity index is 1060. The van der Waals surface area contributed by atoms with E-state index < -0.39 is 11.8 Å². The summed E-state index contributed by atoms with van der Waals surface area (Å²) < 4.78 is 7.20. The first kappa shape index (κ1) is 20.5. The Hall–Kier alpha value is -2.75. The molecule has 2 aliphatic heterocycles. The third kappa shape index (κ3) is 3.71. The molecule has 0 bridgehead atoms. The van der Waals surface area contributed by atoms with Gasteiger partial charge in [0.2, 0.25) is 0 Å². The van der Waals surface area contributed by atoms with Gasteiger partial charge in [-0.15, -0.1) is 0 Å². The zero-order chi connectivity index (χ0) is 21.4. The zero-order valence-corrected chi connectivity index (χ0v) is 18.1. The molecule has 1 N–H and O–H groups in total. The van der Waals surface area contributed by atoms with Crippen molar-refractivity contribution in [1.82, 2.24) is 15.1 Å². The van der Waals surface area contributed by atoms with E-state index in [1.165, 1.54) is 4.90 Å². The van der Waals surface area contributed by atoms with Gasteiger partial charge >= 0.3 is 0 Å². The highest BCUT2D eigenvalue weighted by Crippen LogP contribution is 2.29. The SMILES string of the molecule is Cc1nn(C)c(N2CCOCC2)c1C=C1C(=O)NC(=S)N(c2ccc(Cl)cc2)C1=O.